The first-order valence-electron chi connectivity index (χ1n) is 11.7. The Morgan fingerprint density at radius 3 is 2.53 bits per heavy atom. The van der Waals surface area contributed by atoms with Crippen molar-refractivity contribution in [1.29, 1.82) is 0 Å². The number of carbonyl (C=O) groups is 1. The molecular formula is C28H26ClFN2O4. The third kappa shape index (κ3) is 4.76. The molecule has 0 spiro atoms. The second kappa shape index (κ2) is 9.84. The molecule has 2 aliphatic rings. The van der Waals surface area contributed by atoms with Crippen LogP contribution >= 0.6 is 12.4 Å². The Kier molecular flexibility index (Phi) is 6.60. The summed E-state index contributed by atoms with van der Waals surface area (Å²) in [5.41, 5.74) is 5.37. The van der Waals surface area contributed by atoms with Crippen molar-refractivity contribution in [2.45, 2.75) is 25.5 Å². The van der Waals surface area contributed by atoms with E-state index in [1.54, 1.807) is 4.90 Å². The standard InChI is InChI=1S/C28H25FN2O4.ClH/c1-17-2-11-25-24(14-17)23-12-13-31(28(32)35-21-9-5-19(29)6-10-21)27(26(23)30-25)18-3-7-20(8-4-18)33-15-22-16-34-22;/h2-11,14,22,27,30H,12-13,15-16H2,1H3;1H. The highest BCUT2D eigenvalue weighted by Gasteiger charge is 2.36. The second-order valence-corrected chi connectivity index (χ2v) is 9.07. The van der Waals surface area contributed by atoms with Crippen LogP contribution in [0.1, 0.15) is 28.4 Å². The van der Waals surface area contributed by atoms with Gasteiger partial charge in [-0.15, -0.1) is 12.4 Å². The summed E-state index contributed by atoms with van der Waals surface area (Å²) in [4.78, 5) is 18.6. The molecule has 0 bridgehead atoms. The molecule has 3 heterocycles. The summed E-state index contributed by atoms with van der Waals surface area (Å²) in [7, 11) is 0. The summed E-state index contributed by atoms with van der Waals surface area (Å²) in [6.07, 6.45) is 0.409. The van der Waals surface area contributed by atoms with Gasteiger partial charge in [0, 0.05) is 23.1 Å². The highest BCUT2D eigenvalue weighted by Crippen LogP contribution is 2.39. The summed E-state index contributed by atoms with van der Waals surface area (Å²) in [6.45, 7) is 3.85. The highest BCUT2D eigenvalue weighted by molar-refractivity contribution is 5.87. The van der Waals surface area contributed by atoms with Crippen LogP contribution in [-0.4, -0.2) is 41.8 Å². The highest BCUT2D eigenvalue weighted by atomic mass is 35.5. The number of amides is 1. The van der Waals surface area contributed by atoms with Gasteiger partial charge in [-0.1, -0.05) is 23.8 Å². The van der Waals surface area contributed by atoms with E-state index in [4.69, 9.17) is 14.2 Å². The van der Waals surface area contributed by atoms with Crippen molar-refractivity contribution in [3.63, 3.8) is 0 Å². The Labute approximate surface area is 214 Å². The summed E-state index contributed by atoms with van der Waals surface area (Å²) in [5, 5.41) is 1.18. The van der Waals surface area contributed by atoms with Gasteiger partial charge in [0.05, 0.1) is 6.61 Å². The summed E-state index contributed by atoms with van der Waals surface area (Å²) in [5.74, 6) is 0.682. The zero-order chi connectivity index (χ0) is 23.9. The van der Waals surface area contributed by atoms with E-state index in [-0.39, 0.29) is 30.4 Å². The Morgan fingerprint density at radius 1 is 1.08 bits per heavy atom. The van der Waals surface area contributed by atoms with E-state index in [2.05, 4.69) is 30.1 Å². The van der Waals surface area contributed by atoms with Crippen LogP contribution in [0.4, 0.5) is 9.18 Å². The lowest BCUT2D eigenvalue weighted by Gasteiger charge is -2.35. The molecule has 0 saturated carbocycles. The average Bonchev–Trinajstić information content (AvgIpc) is 3.63. The van der Waals surface area contributed by atoms with E-state index in [0.29, 0.717) is 25.3 Å². The van der Waals surface area contributed by atoms with Gasteiger partial charge in [-0.3, -0.25) is 4.90 Å². The number of H-pyrrole nitrogens is 1. The average molecular weight is 509 g/mol. The third-order valence-corrected chi connectivity index (χ3v) is 6.57. The molecule has 1 N–H and O–H groups in total. The minimum Gasteiger partial charge on any atom is -0.491 e. The van der Waals surface area contributed by atoms with E-state index in [9.17, 15) is 9.18 Å². The van der Waals surface area contributed by atoms with Gasteiger partial charge in [0.25, 0.3) is 0 Å². The van der Waals surface area contributed by atoms with Gasteiger partial charge in [-0.2, -0.15) is 0 Å². The van der Waals surface area contributed by atoms with Crippen LogP contribution in [0.3, 0.4) is 0 Å². The molecule has 8 heteroatoms. The summed E-state index contributed by atoms with van der Waals surface area (Å²) in [6, 6.07) is 19.3. The topological polar surface area (TPSA) is 67.1 Å². The number of rotatable bonds is 5. The Balaban J connectivity index is 0.00000267. The molecular weight excluding hydrogens is 483 g/mol. The molecule has 0 radical (unpaired) electrons. The van der Waals surface area contributed by atoms with E-state index in [0.717, 1.165) is 29.1 Å². The maximum Gasteiger partial charge on any atom is 0.416 e. The van der Waals surface area contributed by atoms with Gasteiger partial charge in [0.1, 0.15) is 36.1 Å². The number of epoxide rings is 1. The minimum absolute atomic E-state index is 0. The molecule has 36 heavy (non-hydrogen) atoms. The van der Waals surface area contributed by atoms with Crippen LogP contribution in [0.5, 0.6) is 11.5 Å². The van der Waals surface area contributed by atoms with Crippen molar-refractivity contribution in [3.8, 4) is 11.5 Å². The molecule has 0 aliphatic carbocycles. The van der Waals surface area contributed by atoms with Crippen molar-refractivity contribution in [3.05, 3.63) is 94.9 Å². The molecule has 2 atom stereocenters. The fourth-order valence-electron chi connectivity index (χ4n) is 4.71. The number of aromatic nitrogens is 1. The number of carbonyl (C=O) groups excluding carboxylic acids is 1. The van der Waals surface area contributed by atoms with Gasteiger partial charge in [0.15, 0.2) is 0 Å². The Bertz CT molecular complexity index is 1380. The number of hydrogen-bond donors (Lipinski definition) is 1. The number of hydrogen-bond acceptors (Lipinski definition) is 4. The smallest absolute Gasteiger partial charge is 0.416 e. The first-order chi connectivity index (χ1) is 17.0. The van der Waals surface area contributed by atoms with Crippen molar-refractivity contribution in [1.82, 2.24) is 9.88 Å². The van der Waals surface area contributed by atoms with E-state index in [1.165, 1.54) is 40.8 Å². The Hall–Kier alpha value is -3.55. The normalized spacial score (nSPS) is 18.3. The molecule has 1 saturated heterocycles. The molecule has 186 valence electrons. The van der Waals surface area contributed by atoms with Crippen molar-refractivity contribution < 1.29 is 23.4 Å². The zero-order valence-corrected chi connectivity index (χ0v) is 20.5. The van der Waals surface area contributed by atoms with Crippen LogP contribution in [0.15, 0.2) is 66.7 Å². The van der Waals surface area contributed by atoms with Crippen LogP contribution in [0, 0.1) is 12.7 Å². The van der Waals surface area contributed by atoms with Gasteiger partial charge in [-0.05, 0) is 73.0 Å². The van der Waals surface area contributed by atoms with Crippen LogP contribution in [-0.2, 0) is 11.2 Å². The number of nitrogens with one attached hydrogen (secondary N) is 1. The van der Waals surface area contributed by atoms with Crippen molar-refractivity contribution in [2.24, 2.45) is 0 Å². The molecule has 6 rings (SSSR count). The van der Waals surface area contributed by atoms with Gasteiger partial charge < -0.3 is 19.2 Å². The fourth-order valence-corrected chi connectivity index (χ4v) is 4.71. The predicted octanol–water partition coefficient (Wildman–Crippen LogP) is 5.96. The number of halogens is 2. The maximum atomic E-state index is 13.3. The van der Waals surface area contributed by atoms with Crippen molar-refractivity contribution >= 4 is 29.4 Å². The molecule has 4 aromatic rings. The molecule has 1 aromatic heterocycles. The second-order valence-electron chi connectivity index (χ2n) is 9.07. The lowest BCUT2D eigenvalue weighted by molar-refractivity contribution is 0.135. The molecule has 3 aromatic carbocycles. The van der Waals surface area contributed by atoms with Crippen molar-refractivity contribution in [2.75, 3.05) is 19.8 Å². The number of aryl methyl sites for hydroxylation is 1. The molecule has 2 aliphatic heterocycles. The van der Waals surface area contributed by atoms with E-state index in [1.807, 2.05) is 24.3 Å². The third-order valence-electron chi connectivity index (χ3n) is 6.57. The SMILES string of the molecule is Cc1ccc2[nH]c3c(c2c1)CCN(C(=O)Oc1ccc(F)cc1)C3c1ccc(OCC2CO2)cc1.Cl. The maximum absolute atomic E-state index is 13.3. The minimum atomic E-state index is -0.478. The van der Waals surface area contributed by atoms with Gasteiger partial charge in [0.2, 0.25) is 0 Å². The number of fused-ring (bicyclic) bond motifs is 3. The van der Waals surface area contributed by atoms with Crippen LogP contribution in [0.25, 0.3) is 10.9 Å². The number of aromatic amines is 1. The van der Waals surface area contributed by atoms with Crippen LogP contribution in [0.2, 0.25) is 0 Å². The van der Waals surface area contributed by atoms with E-state index < -0.39 is 6.09 Å². The first-order valence-corrected chi connectivity index (χ1v) is 11.7. The quantitative estimate of drug-likeness (QED) is 0.338. The van der Waals surface area contributed by atoms with Gasteiger partial charge in [-0.25, -0.2) is 9.18 Å². The van der Waals surface area contributed by atoms with E-state index >= 15 is 0 Å². The fraction of sp³-hybridized carbons (Fsp3) is 0.250. The lowest BCUT2D eigenvalue weighted by atomic mass is 9.92. The summed E-state index contributed by atoms with van der Waals surface area (Å²) < 4.78 is 30.0. The molecule has 1 fully saturated rings. The zero-order valence-electron chi connectivity index (χ0n) is 19.7. The predicted molar refractivity (Wildman–Crippen MR) is 137 cm³/mol. The molecule has 6 nitrogen and oxygen atoms in total. The Morgan fingerprint density at radius 2 is 1.81 bits per heavy atom. The number of ether oxygens (including phenoxy) is 3. The van der Waals surface area contributed by atoms with Gasteiger partial charge >= 0.3 is 6.09 Å². The molecule has 2 unspecified atom stereocenters. The molecule has 1 amide bonds. The monoisotopic (exact) mass is 508 g/mol. The first kappa shape index (κ1) is 24.2. The number of benzene rings is 3. The van der Waals surface area contributed by atoms with Crippen LogP contribution < -0.4 is 9.47 Å². The largest absolute Gasteiger partial charge is 0.491 e. The lowest BCUT2D eigenvalue weighted by Crippen LogP contribution is -2.42. The summed E-state index contributed by atoms with van der Waals surface area (Å²) >= 11 is 0. The number of nitrogens with zero attached hydrogens (tertiary/aromatic N) is 1.